The van der Waals surface area contributed by atoms with Crippen LogP contribution in [-0.2, 0) is 0 Å². The van der Waals surface area contributed by atoms with E-state index in [1.54, 1.807) is 42.1 Å². The monoisotopic (exact) mass is 360 g/mol. The summed E-state index contributed by atoms with van der Waals surface area (Å²) < 4.78 is 1.97. The van der Waals surface area contributed by atoms with Crippen molar-refractivity contribution in [3.63, 3.8) is 0 Å². The van der Waals surface area contributed by atoms with Crippen LogP contribution in [0.15, 0.2) is 61.1 Å². The molecule has 0 aliphatic rings. The Morgan fingerprint density at radius 1 is 1.07 bits per heavy atom. The summed E-state index contributed by atoms with van der Waals surface area (Å²) in [6.45, 7) is 1.95. The molecule has 0 spiro atoms. The van der Waals surface area contributed by atoms with Crippen LogP contribution >= 0.6 is 0 Å². The van der Waals surface area contributed by atoms with E-state index in [4.69, 9.17) is 5.21 Å². The van der Waals surface area contributed by atoms with Crippen LogP contribution < -0.4 is 10.8 Å². The summed E-state index contributed by atoms with van der Waals surface area (Å²) >= 11 is 0. The number of rotatable bonds is 4. The summed E-state index contributed by atoms with van der Waals surface area (Å²) in [7, 11) is 0. The molecule has 8 heteroatoms. The Balaban J connectivity index is 1.66. The summed E-state index contributed by atoms with van der Waals surface area (Å²) in [6, 6.07) is 12.4. The SMILES string of the molecule is Cc1cnc(Nc2ccc(C(=O)NO)cc2)nc1-c1cnc2ccccn12. The summed E-state index contributed by atoms with van der Waals surface area (Å²) in [5.74, 6) is -0.135. The molecule has 4 aromatic rings. The van der Waals surface area contributed by atoms with Crippen molar-refractivity contribution in [1.82, 2.24) is 24.8 Å². The van der Waals surface area contributed by atoms with Gasteiger partial charge in [0.05, 0.1) is 17.6 Å². The van der Waals surface area contributed by atoms with Gasteiger partial charge in [-0.25, -0.2) is 20.4 Å². The summed E-state index contributed by atoms with van der Waals surface area (Å²) in [4.78, 5) is 24.8. The molecule has 0 saturated heterocycles. The summed E-state index contributed by atoms with van der Waals surface area (Å²) in [6.07, 6.45) is 5.48. The summed E-state index contributed by atoms with van der Waals surface area (Å²) in [5.41, 5.74) is 6.10. The Morgan fingerprint density at radius 2 is 1.89 bits per heavy atom. The number of fused-ring (bicyclic) bond motifs is 1. The molecule has 134 valence electrons. The first-order valence-corrected chi connectivity index (χ1v) is 8.23. The third-order valence-electron chi connectivity index (χ3n) is 4.14. The first-order chi connectivity index (χ1) is 13.2. The number of pyridine rings is 1. The number of carbonyl (C=O) groups is 1. The zero-order chi connectivity index (χ0) is 18.8. The lowest BCUT2D eigenvalue weighted by molar-refractivity contribution is 0.0706. The van der Waals surface area contributed by atoms with Gasteiger partial charge in [-0.2, -0.15) is 0 Å². The Kier molecular flexibility index (Phi) is 4.23. The van der Waals surface area contributed by atoms with Crippen molar-refractivity contribution in [2.75, 3.05) is 5.32 Å². The maximum atomic E-state index is 11.4. The number of aryl methyl sites for hydroxylation is 1. The number of amides is 1. The fraction of sp³-hybridized carbons (Fsp3) is 0.0526. The van der Waals surface area contributed by atoms with Crippen LogP contribution in [0.3, 0.4) is 0 Å². The quantitative estimate of drug-likeness (QED) is 0.382. The van der Waals surface area contributed by atoms with E-state index in [2.05, 4.69) is 20.3 Å². The van der Waals surface area contributed by atoms with E-state index in [0.717, 1.165) is 28.3 Å². The molecule has 0 radical (unpaired) electrons. The van der Waals surface area contributed by atoms with Crippen LogP contribution in [0.25, 0.3) is 17.0 Å². The van der Waals surface area contributed by atoms with E-state index < -0.39 is 5.91 Å². The smallest absolute Gasteiger partial charge is 0.274 e. The Labute approximate surface area is 154 Å². The number of hydrogen-bond donors (Lipinski definition) is 3. The van der Waals surface area contributed by atoms with Gasteiger partial charge in [0.25, 0.3) is 5.91 Å². The second-order valence-electron chi connectivity index (χ2n) is 5.94. The van der Waals surface area contributed by atoms with Crippen molar-refractivity contribution in [1.29, 1.82) is 0 Å². The van der Waals surface area contributed by atoms with Gasteiger partial charge in [-0.05, 0) is 48.9 Å². The maximum absolute atomic E-state index is 11.4. The molecule has 8 nitrogen and oxygen atoms in total. The number of aromatic nitrogens is 4. The van der Waals surface area contributed by atoms with Gasteiger partial charge in [0.15, 0.2) is 0 Å². The molecule has 0 saturated carbocycles. The molecule has 3 heterocycles. The zero-order valence-corrected chi connectivity index (χ0v) is 14.4. The van der Waals surface area contributed by atoms with Gasteiger partial charge in [0.1, 0.15) is 5.65 Å². The van der Waals surface area contributed by atoms with Crippen molar-refractivity contribution < 1.29 is 10.0 Å². The molecule has 3 N–H and O–H groups in total. The molecule has 3 aromatic heterocycles. The van der Waals surface area contributed by atoms with E-state index >= 15 is 0 Å². The number of carbonyl (C=O) groups excluding carboxylic acids is 1. The van der Waals surface area contributed by atoms with Gasteiger partial charge < -0.3 is 5.32 Å². The summed E-state index contributed by atoms with van der Waals surface area (Å²) in [5, 5.41) is 11.8. The minimum atomic E-state index is -0.567. The number of hydroxylamine groups is 1. The van der Waals surface area contributed by atoms with Gasteiger partial charge in [-0.3, -0.25) is 14.4 Å². The first kappa shape index (κ1) is 16.7. The number of imidazole rings is 1. The van der Waals surface area contributed by atoms with Crippen molar-refractivity contribution in [2.24, 2.45) is 0 Å². The molecular formula is C19H16N6O2. The highest BCUT2D eigenvalue weighted by Gasteiger charge is 2.12. The van der Waals surface area contributed by atoms with Crippen LogP contribution in [0, 0.1) is 6.92 Å². The molecule has 0 unspecified atom stereocenters. The Hall–Kier alpha value is -3.78. The molecule has 1 aromatic carbocycles. The average molecular weight is 360 g/mol. The predicted molar refractivity (Wildman–Crippen MR) is 99.9 cm³/mol. The van der Waals surface area contributed by atoms with E-state index in [0.29, 0.717) is 11.5 Å². The van der Waals surface area contributed by atoms with Crippen molar-refractivity contribution >= 4 is 23.2 Å². The fourth-order valence-corrected chi connectivity index (χ4v) is 2.77. The van der Waals surface area contributed by atoms with Gasteiger partial charge >= 0.3 is 0 Å². The third kappa shape index (κ3) is 3.21. The predicted octanol–water partition coefficient (Wildman–Crippen LogP) is 2.96. The second-order valence-corrected chi connectivity index (χ2v) is 5.94. The van der Waals surface area contributed by atoms with Crippen molar-refractivity contribution in [2.45, 2.75) is 6.92 Å². The number of nitrogens with zero attached hydrogens (tertiary/aromatic N) is 4. The molecule has 0 atom stereocenters. The number of hydrogen-bond acceptors (Lipinski definition) is 6. The number of benzene rings is 1. The normalized spacial score (nSPS) is 10.7. The topological polar surface area (TPSA) is 104 Å². The lowest BCUT2D eigenvalue weighted by Crippen LogP contribution is -2.18. The maximum Gasteiger partial charge on any atom is 0.274 e. The number of anilines is 2. The largest absolute Gasteiger partial charge is 0.324 e. The van der Waals surface area contributed by atoms with Crippen LogP contribution in [-0.4, -0.2) is 30.5 Å². The molecule has 0 aliphatic carbocycles. The van der Waals surface area contributed by atoms with Crippen LogP contribution in [0.1, 0.15) is 15.9 Å². The van der Waals surface area contributed by atoms with Crippen LogP contribution in [0.5, 0.6) is 0 Å². The minimum Gasteiger partial charge on any atom is -0.324 e. The minimum absolute atomic E-state index is 0.347. The van der Waals surface area contributed by atoms with E-state index in [-0.39, 0.29) is 0 Å². The number of nitrogens with one attached hydrogen (secondary N) is 2. The molecule has 4 rings (SSSR count). The van der Waals surface area contributed by atoms with Crippen LogP contribution in [0.2, 0.25) is 0 Å². The van der Waals surface area contributed by atoms with Crippen LogP contribution in [0.4, 0.5) is 11.6 Å². The molecule has 1 amide bonds. The van der Waals surface area contributed by atoms with Gasteiger partial charge in [0.2, 0.25) is 5.95 Å². The Morgan fingerprint density at radius 3 is 2.67 bits per heavy atom. The third-order valence-corrected chi connectivity index (χ3v) is 4.14. The Bertz CT molecular complexity index is 1120. The lowest BCUT2D eigenvalue weighted by Gasteiger charge is -2.09. The molecular weight excluding hydrogens is 344 g/mol. The lowest BCUT2D eigenvalue weighted by atomic mass is 10.2. The van der Waals surface area contributed by atoms with Gasteiger partial charge in [-0.1, -0.05) is 6.07 Å². The molecule has 0 bridgehead atoms. The van der Waals surface area contributed by atoms with E-state index in [9.17, 15) is 4.79 Å². The molecule has 0 aliphatic heterocycles. The second kappa shape index (κ2) is 6.85. The van der Waals surface area contributed by atoms with Gasteiger partial charge in [0, 0.05) is 23.6 Å². The van der Waals surface area contributed by atoms with E-state index in [1.165, 1.54) is 0 Å². The standard InChI is InChI=1S/C19H16N6O2/c1-12-10-21-19(22-14-7-5-13(6-8-14)18(26)24-27)23-17(12)15-11-20-16-4-2-3-9-25(15)16/h2-11,27H,1H3,(H,24,26)(H,21,22,23). The molecule has 27 heavy (non-hydrogen) atoms. The average Bonchev–Trinajstić information content (AvgIpc) is 3.13. The van der Waals surface area contributed by atoms with E-state index in [1.807, 2.05) is 35.7 Å². The highest BCUT2D eigenvalue weighted by atomic mass is 16.5. The van der Waals surface area contributed by atoms with Crippen molar-refractivity contribution in [3.8, 4) is 11.4 Å². The first-order valence-electron chi connectivity index (χ1n) is 8.23. The van der Waals surface area contributed by atoms with Gasteiger partial charge in [-0.15, -0.1) is 0 Å². The zero-order valence-electron chi connectivity index (χ0n) is 14.4. The highest BCUT2D eigenvalue weighted by molar-refractivity contribution is 5.93. The fourth-order valence-electron chi connectivity index (χ4n) is 2.77. The molecule has 0 fully saturated rings. The highest BCUT2D eigenvalue weighted by Crippen LogP contribution is 2.24. The van der Waals surface area contributed by atoms with Crippen molar-refractivity contribution in [3.05, 3.63) is 72.2 Å².